The van der Waals surface area contributed by atoms with Gasteiger partial charge >= 0.3 is 0 Å². The topological polar surface area (TPSA) is 49.8 Å². The zero-order chi connectivity index (χ0) is 10.7. The third-order valence-electron chi connectivity index (χ3n) is 1.82. The quantitative estimate of drug-likeness (QED) is 0.789. The molecule has 0 aliphatic carbocycles. The van der Waals surface area contributed by atoms with Crippen molar-refractivity contribution in [2.24, 2.45) is 5.73 Å². The third kappa shape index (κ3) is 2.27. The summed E-state index contributed by atoms with van der Waals surface area (Å²) in [7, 11) is 0. The Morgan fingerprint density at radius 1 is 1.43 bits per heavy atom. The van der Waals surface area contributed by atoms with Crippen LogP contribution in [0.1, 0.15) is 11.6 Å². The first-order chi connectivity index (χ1) is 6.56. The first-order valence-electron chi connectivity index (χ1n) is 3.85. The summed E-state index contributed by atoms with van der Waals surface area (Å²) in [5.41, 5.74) is 6.77. The summed E-state index contributed by atoms with van der Waals surface area (Å²) < 4.78 is 0. The molecule has 0 aromatic heterocycles. The van der Waals surface area contributed by atoms with Gasteiger partial charge in [0.15, 0.2) is 0 Å². The third-order valence-corrected chi connectivity index (χ3v) is 2.56. The second kappa shape index (κ2) is 4.47. The van der Waals surface area contributed by atoms with Crippen LogP contribution in [0.25, 0.3) is 0 Å². The molecule has 2 nitrogen and oxygen atoms in total. The van der Waals surface area contributed by atoms with Crippen molar-refractivity contribution in [1.29, 1.82) is 5.26 Å². The summed E-state index contributed by atoms with van der Waals surface area (Å²) in [6.45, 7) is 3.54. The Balaban J connectivity index is 3.04. The van der Waals surface area contributed by atoms with E-state index in [1.165, 1.54) is 0 Å². The molecular formula is C10H8Cl2N2. The largest absolute Gasteiger partial charge is 0.320 e. The molecule has 1 aromatic carbocycles. The van der Waals surface area contributed by atoms with Crippen LogP contribution in [0.4, 0.5) is 0 Å². The highest BCUT2D eigenvalue weighted by Crippen LogP contribution is 2.26. The van der Waals surface area contributed by atoms with E-state index in [1.807, 2.05) is 6.07 Å². The van der Waals surface area contributed by atoms with E-state index in [1.54, 1.807) is 18.2 Å². The van der Waals surface area contributed by atoms with Gasteiger partial charge in [-0.05, 0) is 17.7 Å². The Hall–Kier alpha value is -1.01. The maximum atomic E-state index is 8.60. The van der Waals surface area contributed by atoms with Gasteiger partial charge in [0, 0.05) is 5.57 Å². The average Bonchev–Trinajstić information content (AvgIpc) is 2.20. The molecule has 0 saturated heterocycles. The van der Waals surface area contributed by atoms with Crippen molar-refractivity contribution in [3.8, 4) is 6.07 Å². The fourth-order valence-electron chi connectivity index (χ4n) is 0.977. The molecule has 14 heavy (non-hydrogen) atoms. The summed E-state index contributed by atoms with van der Waals surface area (Å²) in [5, 5.41) is 9.49. The number of halogens is 2. The van der Waals surface area contributed by atoms with Gasteiger partial charge in [0.1, 0.15) is 0 Å². The fraction of sp³-hybridized carbons (Fsp3) is 0.100. The minimum Gasteiger partial charge on any atom is -0.320 e. The van der Waals surface area contributed by atoms with E-state index in [2.05, 4.69) is 6.58 Å². The number of nitriles is 1. The molecule has 0 aliphatic heterocycles. The van der Waals surface area contributed by atoms with Crippen LogP contribution in [0.2, 0.25) is 10.0 Å². The molecule has 1 unspecified atom stereocenters. The van der Waals surface area contributed by atoms with Gasteiger partial charge in [0.2, 0.25) is 0 Å². The number of nitrogens with two attached hydrogens (primary N) is 1. The predicted molar refractivity (Wildman–Crippen MR) is 58.1 cm³/mol. The Kier molecular flexibility index (Phi) is 3.54. The van der Waals surface area contributed by atoms with Crippen molar-refractivity contribution in [1.82, 2.24) is 0 Å². The first kappa shape index (κ1) is 11.1. The van der Waals surface area contributed by atoms with Crippen LogP contribution >= 0.6 is 23.2 Å². The first-order valence-corrected chi connectivity index (χ1v) is 4.61. The zero-order valence-electron chi connectivity index (χ0n) is 7.30. The van der Waals surface area contributed by atoms with E-state index in [0.717, 1.165) is 5.56 Å². The maximum Gasteiger partial charge on any atom is 0.0961 e. The van der Waals surface area contributed by atoms with Crippen LogP contribution in [-0.4, -0.2) is 0 Å². The normalized spacial score (nSPS) is 11.9. The van der Waals surface area contributed by atoms with E-state index in [9.17, 15) is 0 Å². The highest BCUT2D eigenvalue weighted by Gasteiger charge is 2.10. The van der Waals surface area contributed by atoms with Crippen molar-refractivity contribution in [2.45, 2.75) is 6.04 Å². The smallest absolute Gasteiger partial charge is 0.0961 e. The Morgan fingerprint density at radius 2 is 2.07 bits per heavy atom. The molecule has 72 valence electrons. The Morgan fingerprint density at radius 3 is 2.57 bits per heavy atom. The van der Waals surface area contributed by atoms with Crippen molar-refractivity contribution >= 4 is 23.2 Å². The second-order valence-corrected chi connectivity index (χ2v) is 3.60. The van der Waals surface area contributed by atoms with E-state index >= 15 is 0 Å². The molecule has 0 aliphatic rings. The number of benzene rings is 1. The molecule has 2 N–H and O–H groups in total. The molecule has 0 fully saturated rings. The van der Waals surface area contributed by atoms with Crippen LogP contribution in [0.3, 0.4) is 0 Å². The van der Waals surface area contributed by atoms with Crippen molar-refractivity contribution in [3.05, 3.63) is 46.0 Å². The van der Waals surface area contributed by atoms with Crippen molar-refractivity contribution in [3.63, 3.8) is 0 Å². The summed E-state index contributed by atoms with van der Waals surface area (Å²) in [5.74, 6) is 0. The Labute approximate surface area is 92.5 Å². The molecule has 1 rings (SSSR count). The summed E-state index contributed by atoms with van der Waals surface area (Å²) in [6, 6.07) is 6.39. The molecular weight excluding hydrogens is 219 g/mol. The van der Waals surface area contributed by atoms with E-state index in [4.69, 9.17) is 34.2 Å². The lowest BCUT2D eigenvalue weighted by molar-refractivity contribution is 0.878. The van der Waals surface area contributed by atoms with E-state index in [0.29, 0.717) is 15.6 Å². The van der Waals surface area contributed by atoms with Crippen LogP contribution < -0.4 is 5.73 Å². The van der Waals surface area contributed by atoms with Gasteiger partial charge in [-0.25, -0.2) is 0 Å². The van der Waals surface area contributed by atoms with Crippen LogP contribution in [0.15, 0.2) is 30.4 Å². The van der Waals surface area contributed by atoms with Crippen molar-refractivity contribution in [2.75, 3.05) is 0 Å². The maximum absolute atomic E-state index is 8.60. The van der Waals surface area contributed by atoms with Gasteiger partial charge in [-0.3, -0.25) is 0 Å². The van der Waals surface area contributed by atoms with Crippen LogP contribution in [-0.2, 0) is 0 Å². The van der Waals surface area contributed by atoms with Gasteiger partial charge in [-0.15, -0.1) is 0 Å². The summed E-state index contributed by atoms with van der Waals surface area (Å²) in [4.78, 5) is 0. The second-order valence-electron chi connectivity index (χ2n) is 2.79. The molecule has 4 heteroatoms. The number of hydrogen-bond acceptors (Lipinski definition) is 2. The van der Waals surface area contributed by atoms with Crippen LogP contribution in [0, 0.1) is 11.3 Å². The monoisotopic (exact) mass is 226 g/mol. The summed E-state index contributed by atoms with van der Waals surface area (Å²) >= 11 is 11.5. The molecule has 1 aromatic rings. The van der Waals surface area contributed by atoms with E-state index in [-0.39, 0.29) is 0 Å². The minimum atomic E-state index is -0.519. The molecule has 0 heterocycles. The lowest BCUT2D eigenvalue weighted by Gasteiger charge is -2.10. The van der Waals surface area contributed by atoms with Gasteiger partial charge in [0.05, 0.1) is 22.2 Å². The SMILES string of the molecule is C=C(C#N)C(N)c1ccc(Cl)c(Cl)c1. The van der Waals surface area contributed by atoms with Gasteiger partial charge < -0.3 is 5.73 Å². The molecule has 0 radical (unpaired) electrons. The number of rotatable bonds is 2. The number of nitrogens with zero attached hydrogens (tertiary/aromatic N) is 1. The van der Waals surface area contributed by atoms with Gasteiger partial charge in [-0.1, -0.05) is 35.8 Å². The standard InChI is InChI=1S/C10H8Cl2N2/c1-6(5-13)10(14)7-2-3-8(11)9(12)4-7/h2-4,10H,1,14H2. The zero-order valence-corrected chi connectivity index (χ0v) is 8.81. The van der Waals surface area contributed by atoms with Crippen LogP contribution in [0.5, 0.6) is 0 Å². The highest BCUT2D eigenvalue weighted by atomic mass is 35.5. The van der Waals surface area contributed by atoms with Gasteiger partial charge in [-0.2, -0.15) is 5.26 Å². The lowest BCUT2D eigenvalue weighted by atomic mass is 10.0. The Bertz CT molecular complexity index is 407. The average molecular weight is 227 g/mol. The number of hydrogen-bond donors (Lipinski definition) is 1. The van der Waals surface area contributed by atoms with Gasteiger partial charge in [0.25, 0.3) is 0 Å². The molecule has 0 amide bonds. The van der Waals surface area contributed by atoms with E-state index < -0.39 is 6.04 Å². The fourth-order valence-corrected chi connectivity index (χ4v) is 1.28. The molecule has 0 bridgehead atoms. The van der Waals surface area contributed by atoms with Crippen molar-refractivity contribution < 1.29 is 0 Å². The minimum absolute atomic E-state index is 0.295. The lowest BCUT2D eigenvalue weighted by Crippen LogP contribution is -2.11. The predicted octanol–water partition coefficient (Wildman–Crippen LogP) is 3.07. The highest BCUT2D eigenvalue weighted by molar-refractivity contribution is 6.42. The molecule has 0 spiro atoms. The molecule has 1 atom stereocenters. The molecule has 0 saturated carbocycles. The summed E-state index contributed by atoms with van der Waals surface area (Å²) in [6.07, 6.45) is 0.